The van der Waals surface area contributed by atoms with E-state index in [4.69, 9.17) is 0 Å². The summed E-state index contributed by atoms with van der Waals surface area (Å²) in [6, 6.07) is 18.4. The minimum absolute atomic E-state index is 0.289. The Kier molecular flexibility index (Phi) is 5.03. The molecule has 1 heterocycles. The molecular weight excluding hydrogens is 494 g/mol. The predicted molar refractivity (Wildman–Crippen MR) is 121 cm³/mol. The van der Waals surface area contributed by atoms with Gasteiger partial charge < -0.3 is 0 Å². The van der Waals surface area contributed by atoms with Gasteiger partial charge in [0.2, 0.25) is 0 Å². The van der Waals surface area contributed by atoms with Crippen LogP contribution in [0.15, 0.2) is 60.7 Å². The number of alkyl halides is 3. The maximum absolute atomic E-state index is 13.5. The monoisotopic (exact) mass is 511 g/mol. The van der Waals surface area contributed by atoms with Crippen molar-refractivity contribution in [2.24, 2.45) is 0 Å². The second kappa shape index (κ2) is 7.22. The van der Waals surface area contributed by atoms with E-state index in [2.05, 4.69) is 61.0 Å². The van der Waals surface area contributed by atoms with Crippen LogP contribution in [0.4, 0.5) is 24.5 Å². The standard InChI is InChI=1S/C22H17F3INS/c1-13(2)14-9-11-15(12-10-14)27(26)19-8-4-6-17-16-5-3-7-18(22(23,24)25)20(16)28-21(17)19/h3-13H,1-2H3. The summed E-state index contributed by atoms with van der Waals surface area (Å²) in [6.07, 6.45) is -4.36. The van der Waals surface area contributed by atoms with Crippen LogP contribution in [0.2, 0.25) is 0 Å². The van der Waals surface area contributed by atoms with E-state index in [1.54, 1.807) is 6.07 Å². The van der Waals surface area contributed by atoms with Crippen LogP contribution in [0.5, 0.6) is 0 Å². The van der Waals surface area contributed by atoms with Gasteiger partial charge in [0.25, 0.3) is 0 Å². The van der Waals surface area contributed by atoms with Crippen molar-refractivity contribution < 1.29 is 13.2 Å². The minimum atomic E-state index is -4.36. The number of benzene rings is 3. The van der Waals surface area contributed by atoms with Crippen molar-refractivity contribution >= 4 is 65.7 Å². The number of fused-ring (bicyclic) bond motifs is 3. The molecule has 0 saturated heterocycles. The molecule has 0 fully saturated rings. The van der Waals surface area contributed by atoms with E-state index in [-0.39, 0.29) is 4.70 Å². The fourth-order valence-corrected chi connectivity index (χ4v) is 5.54. The van der Waals surface area contributed by atoms with Crippen LogP contribution in [0, 0.1) is 0 Å². The van der Waals surface area contributed by atoms with Gasteiger partial charge in [-0.15, -0.1) is 11.3 Å². The van der Waals surface area contributed by atoms with Gasteiger partial charge in [0.1, 0.15) is 0 Å². The molecule has 4 rings (SSSR count). The molecule has 0 atom stereocenters. The second-order valence-electron chi connectivity index (χ2n) is 6.96. The van der Waals surface area contributed by atoms with E-state index in [1.807, 2.05) is 21.3 Å². The molecule has 0 spiro atoms. The molecule has 0 aliphatic heterocycles. The highest BCUT2D eigenvalue weighted by Crippen LogP contribution is 2.46. The average molecular weight is 511 g/mol. The first-order valence-corrected chi connectivity index (χ1v) is 10.6. The van der Waals surface area contributed by atoms with E-state index in [0.29, 0.717) is 11.3 Å². The fourth-order valence-electron chi connectivity index (χ4n) is 3.31. The number of hydrogen-bond acceptors (Lipinski definition) is 2. The SMILES string of the molecule is CC(C)c1ccc(N(I)c2cccc3c2sc2c(C(F)(F)F)cccc23)cc1. The minimum Gasteiger partial charge on any atom is -0.282 e. The van der Waals surface area contributed by atoms with Crippen molar-refractivity contribution in [1.29, 1.82) is 0 Å². The molecule has 0 unspecified atom stereocenters. The molecule has 0 aliphatic rings. The van der Waals surface area contributed by atoms with Crippen LogP contribution in [0.3, 0.4) is 0 Å². The lowest BCUT2D eigenvalue weighted by Gasteiger charge is -2.18. The molecule has 0 radical (unpaired) electrons. The smallest absolute Gasteiger partial charge is 0.282 e. The molecule has 1 nitrogen and oxygen atoms in total. The summed E-state index contributed by atoms with van der Waals surface area (Å²) >= 11 is 3.42. The summed E-state index contributed by atoms with van der Waals surface area (Å²) in [5.74, 6) is 0.448. The summed E-state index contributed by atoms with van der Waals surface area (Å²) < 4.78 is 43.6. The Morgan fingerprint density at radius 3 is 2.07 bits per heavy atom. The maximum atomic E-state index is 13.5. The second-order valence-corrected chi connectivity index (χ2v) is 8.95. The Balaban J connectivity index is 1.88. The van der Waals surface area contributed by atoms with Gasteiger partial charge >= 0.3 is 6.18 Å². The van der Waals surface area contributed by atoms with Crippen molar-refractivity contribution in [2.45, 2.75) is 25.9 Å². The molecule has 0 N–H and O–H groups in total. The molecule has 3 aromatic carbocycles. The van der Waals surface area contributed by atoms with Gasteiger partial charge in [0.15, 0.2) is 0 Å². The number of rotatable bonds is 3. The van der Waals surface area contributed by atoms with Crippen LogP contribution < -0.4 is 3.11 Å². The van der Waals surface area contributed by atoms with Crippen molar-refractivity contribution in [1.82, 2.24) is 0 Å². The van der Waals surface area contributed by atoms with Crippen molar-refractivity contribution in [3.05, 3.63) is 71.8 Å². The van der Waals surface area contributed by atoms with E-state index in [0.717, 1.165) is 27.5 Å². The Morgan fingerprint density at radius 2 is 1.46 bits per heavy atom. The first-order valence-electron chi connectivity index (χ1n) is 8.84. The van der Waals surface area contributed by atoms with Gasteiger partial charge in [-0.25, -0.2) is 0 Å². The molecule has 6 heteroatoms. The Bertz CT molecular complexity index is 1150. The maximum Gasteiger partial charge on any atom is 0.417 e. The lowest BCUT2D eigenvalue weighted by Crippen LogP contribution is -2.04. The lowest BCUT2D eigenvalue weighted by atomic mass is 10.0. The van der Waals surface area contributed by atoms with E-state index in [1.165, 1.54) is 23.0 Å². The van der Waals surface area contributed by atoms with Gasteiger partial charge in [0, 0.05) is 15.5 Å². The highest BCUT2D eigenvalue weighted by Gasteiger charge is 2.33. The third kappa shape index (κ3) is 3.37. The lowest BCUT2D eigenvalue weighted by molar-refractivity contribution is -0.136. The van der Waals surface area contributed by atoms with Gasteiger partial charge in [0.05, 0.1) is 44.5 Å². The number of thiophene rings is 1. The Hall–Kier alpha value is -1.80. The van der Waals surface area contributed by atoms with E-state index >= 15 is 0 Å². The highest BCUT2D eigenvalue weighted by molar-refractivity contribution is 14.1. The number of nitrogens with zero attached hydrogens (tertiary/aromatic N) is 1. The highest BCUT2D eigenvalue weighted by atomic mass is 127. The molecule has 0 amide bonds. The summed E-state index contributed by atoms with van der Waals surface area (Å²) in [7, 11) is 0. The summed E-state index contributed by atoms with van der Waals surface area (Å²) in [4.78, 5) is 0. The molecule has 4 aromatic rings. The molecule has 144 valence electrons. The average Bonchev–Trinajstić information content (AvgIpc) is 3.05. The topological polar surface area (TPSA) is 3.24 Å². The van der Waals surface area contributed by atoms with Crippen molar-refractivity contribution in [3.63, 3.8) is 0 Å². The fraction of sp³-hybridized carbons (Fsp3) is 0.182. The van der Waals surface area contributed by atoms with Crippen molar-refractivity contribution in [3.8, 4) is 0 Å². The zero-order valence-corrected chi connectivity index (χ0v) is 18.2. The molecule has 0 aliphatic carbocycles. The third-order valence-corrected chi connectivity index (χ3v) is 7.16. The summed E-state index contributed by atoms with van der Waals surface area (Å²) in [5.41, 5.74) is 2.57. The quantitative estimate of drug-likeness (QED) is 0.197. The normalized spacial score (nSPS) is 12.2. The predicted octanol–water partition coefficient (Wildman–Crippen LogP) is 8.68. The third-order valence-electron chi connectivity index (χ3n) is 4.81. The largest absolute Gasteiger partial charge is 0.417 e. The Morgan fingerprint density at radius 1 is 0.857 bits per heavy atom. The number of anilines is 2. The molecule has 28 heavy (non-hydrogen) atoms. The molecule has 0 bridgehead atoms. The first kappa shape index (κ1) is 19.5. The van der Waals surface area contributed by atoms with Crippen LogP contribution in [0.1, 0.15) is 30.9 Å². The number of hydrogen-bond donors (Lipinski definition) is 0. The first-order chi connectivity index (χ1) is 13.3. The Labute approximate surface area is 179 Å². The molecule has 1 aromatic heterocycles. The van der Waals surface area contributed by atoms with Crippen molar-refractivity contribution in [2.75, 3.05) is 3.11 Å². The van der Waals surface area contributed by atoms with Crippen LogP contribution >= 0.6 is 34.2 Å². The zero-order chi connectivity index (χ0) is 20.1. The molecular formula is C22H17F3INS. The summed E-state index contributed by atoms with van der Waals surface area (Å²) in [6.45, 7) is 4.29. The summed E-state index contributed by atoms with van der Waals surface area (Å²) in [5, 5.41) is 1.50. The van der Waals surface area contributed by atoms with Crippen LogP contribution in [-0.4, -0.2) is 0 Å². The van der Waals surface area contributed by atoms with Gasteiger partial charge in [-0.2, -0.15) is 13.2 Å². The number of halogens is 4. The van der Waals surface area contributed by atoms with E-state index < -0.39 is 11.7 Å². The zero-order valence-electron chi connectivity index (χ0n) is 15.2. The van der Waals surface area contributed by atoms with Gasteiger partial charge in [-0.3, -0.25) is 3.11 Å². The molecule has 0 saturated carbocycles. The van der Waals surface area contributed by atoms with Gasteiger partial charge in [-0.1, -0.05) is 50.2 Å². The van der Waals surface area contributed by atoms with Crippen LogP contribution in [-0.2, 0) is 6.18 Å². The van der Waals surface area contributed by atoms with E-state index in [9.17, 15) is 13.2 Å². The van der Waals surface area contributed by atoms with Crippen LogP contribution in [0.25, 0.3) is 20.2 Å². The van der Waals surface area contributed by atoms with Gasteiger partial charge in [-0.05, 0) is 35.7 Å².